The molecule has 4 atom stereocenters. The van der Waals surface area contributed by atoms with E-state index in [0.29, 0.717) is 32.3 Å². The van der Waals surface area contributed by atoms with E-state index in [1.165, 1.54) is 11.1 Å². The number of fused-ring (bicyclic) bond motifs is 1. The Morgan fingerprint density at radius 3 is 2.58 bits per heavy atom. The summed E-state index contributed by atoms with van der Waals surface area (Å²) in [7, 11) is 0. The van der Waals surface area contributed by atoms with E-state index < -0.39 is 17.8 Å². The maximum Gasteiger partial charge on any atom is 0.0977 e. The second-order valence-electron chi connectivity index (χ2n) is 7.67. The molecule has 4 nitrogen and oxygen atoms in total. The summed E-state index contributed by atoms with van der Waals surface area (Å²) in [6.07, 6.45) is 4.18. The molecule has 0 bridgehead atoms. The van der Waals surface area contributed by atoms with Crippen molar-refractivity contribution in [1.29, 1.82) is 0 Å². The first-order valence-electron chi connectivity index (χ1n) is 8.94. The minimum atomic E-state index is -1.20. The molecular formula is C20H32O4. The molecule has 3 N–H and O–H groups in total. The summed E-state index contributed by atoms with van der Waals surface area (Å²) in [5.74, 6) is 0. The van der Waals surface area contributed by atoms with E-state index in [2.05, 4.69) is 19.6 Å². The zero-order chi connectivity index (χ0) is 17.9. The first-order valence-corrected chi connectivity index (χ1v) is 8.94. The number of rotatable bonds is 0. The molecule has 0 amide bonds. The number of aliphatic hydroxyl groups is 3. The average Bonchev–Trinajstić information content (AvgIpc) is 2.87. The first-order chi connectivity index (χ1) is 11.2. The van der Waals surface area contributed by atoms with E-state index in [1.54, 1.807) is 6.92 Å². The highest BCUT2D eigenvalue weighted by Gasteiger charge is 2.31. The molecule has 0 unspecified atom stereocenters. The van der Waals surface area contributed by atoms with Crippen molar-refractivity contribution in [3.8, 4) is 0 Å². The van der Waals surface area contributed by atoms with E-state index in [9.17, 15) is 15.3 Å². The molecule has 4 heteroatoms. The minimum Gasteiger partial charge on any atom is -0.390 e. The Morgan fingerprint density at radius 2 is 1.88 bits per heavy atom. The van der Waals surface area contributed by atoms with Crippen molar-refractivity contribution in [1.82, 2.24) is 0 Å². The molecule has 1 aliphatic carbocycles. The fourth-order valence-corrected chi connectivity index (χ4v) is 3.43. The van der Waals surface area contributed by atoms with Gasteiger partial charge in [0.15, 0.2) is 0 Å². The van der Waals surface area contributed by atoms with Gasteiger partial charge in [0.25, 0.3) is 0 Å². The molecule has 136 valence electrons. The van der Waals surface area contributed by atoms with E-state index in [4.69, 9.17) is 4.74 Å². The summed E-state index contributed by atoms with van der Waals surface area (Å²) >= 11 is 0. The lowest BCUT2D eigenvalue weighted by Crippen LogP contribution is -2.40. The van der Waals surface area contributed by atoms with Crippen LogP contribution in [0.1, 0.15) is 59.3 Å². The van der Waals surface area contributed by atoms with Crippen LogP contribution in [0.25, 0.3) is 0 Å². The Bertz CT molecular complexity index is 530. The quantitative estimate of drug-likeness (QED) is 0.595. The predicted octanol–water partition coefficient (Wildman–Crippen LogP) is 3.03. The predicted molar refractivity (Wildman–Crippen MR) is 95.7 cm³/mol. The van der Waals surface area contributed by atoms with Gasteiger partial charge in [-0.05, 0) is 76.0 Å². The van der Waals surface area contributed by atoms with Crippen molar-refractivity contribution >= 4 is 0 Å². The molecule has 0 aromatic heterocycles. The van der Waals surface area contributed by atoms with Gasteiger partial charge in [0, 0.05) is 0 Å². The molecule has 2 rings (SSSR count). The zero-order valence-electron chi connectivity index (χ0n) is 15.2. The van der Waals surface area contributed by atoms with Crippen LogP contribution in [0, 0.1) is 0 Å². The van der Waals surface area contributed by atoms with Crippen LogP contribution in [-0.2, 0) is 4.74 Å². The van der Waals surface area contributed by atoms with Crippen LogP contribution in [0.3, 0.4) is 0 Å². The topological polar surface area (TPSA) is 69.9 Å². The Labute approximate surface area is 145 Å². The third kappa shape index (κ3) is 4.79. The summed E-state index contributed by atoms with van der Waals surface area (Å²) in [6.45, 7) is 10.4. The number of hydrogen-bond acceptors (Lipinski definition) is 4. The van der Waals surface area contributed by atoms with Gasteiger partial charge in [-0.1, -0.05) is 18.2 Å². The van der Waals surface area contributed by atoms with Crippen LogP contribution < -0.4 is 0 Å². The number of ether oxygens (including phenoxy) is 1. The Balaban J connectivity index is 2.21. The Morgan fingerprint density at radius 1 is 1.17 bits per heavy atom. The molecule has 0 saturated heterocycles. The average molecular weight is 336 g/mol. The fourth-order valence-electron chi connectivity index (χ4n) is 3.43. The van der Waals surface area contributed by atoms with Crippen LogP contribution in [0.15, 0.2) is 34.9 Å². The van der Waals surface area contributed by atoms with Crippen molar-refractivity contribution in [3.05, 3.63) is 34.9 Å². The van der Waals surface area contributed by atoms with Gasteiger partial charge < -0.3 is 20.1 Å². The molecule has 2 aliphatic rings. The van der Waals surface area contributed by atoms with E-state index in [1.807, 2.05) is 6.92 Å². The number of aliphatic hydroxyl groups excluding tert-OH is 2. The van der Waals surface area contributed by atoms with Gasteiger partial charge in [0.2, 0.25) is 0 Å². The normalized spacial score (nSPS) is 39.2. The molecule has 0 radical (unpaired) electrons. The summed E-state index contributed by atoms with van der Waals surface area (Å²) in [5, 5.41) is 31.1. The van der Waals surface area contributed by atoms with Gasteiger partial charge in [-0.3, -0.25) is 0 Å². The van der Waals surface area contributed by atoms with Crippen LogP contribution >= 0.6 is 0 Å². The SMILES string of the molecule is C=C1CCC2=C(C)CO[C@H]2/C=C(\C)CC[C@@H](O)[C@](C)(O)CC[C@H]1O. The molecule has 1 heterocycles. The number of hydrogen-bond donors (Lipinski definition) is 3. The maximum atomic E-state index is 10.5. The van der Waals surface area contributed by atoms with Crippen LogP contribution in [0.4, 0.5) is 0 Å². The van der Waals surface area contributed by atoms with Crippen LogP contribution in [-0.4, -0.2) is 45.8 Å². The van der Waals surface area contributed by atoms with E-state index in [-0.39, 0.29) is 6.10 Å². The summed E-state index contributed by atoms with van der Waals surface area (Å²) < 4.78 is 5.87. The van der Waals surface area contributed by atoms with Crippen molar-refractivity contribution in [2.75, 3.05) is 6.61 Å². The van der Waals surface area contributed by atoms with Gasteiger partial charge >= 0.3 is 0 Å². The molecule has 0 aromatic rings. The Kier molecular flexibility index (Phi) is 6.43. The minimum absolute atomic E-state index is 0.0180. The monoisotopic (exact) mass is 336 g/mol. The van der Waals surface area contributed by atoms with Gasteiger partial charge in [-0.2, -0.15) is 0 Å². The van der Waals surface area contributed by atoms with Crippen LogP contribution in [0.5, 0.6) is 0 Å². The van der Waals surface area contributed by atoms with Crippen molar-refractivity contribution in [3.63, 3.8) is 0 Å². The van der Waals surface area contributed by atoms with E-state index >= 15 is 0 Å². The van der Waals surface area contributed by atoms with Crippen molar-refractivity contribution in [2.45, 2.75) is 83.2 Å². The van der Waals surface area contributed by atoms with Gasteiger partial charge in [0.05, 0.1) is 30.5 Å². The smallest absolute Gasteiger partial charge is 0.0977 e. The highest BCUT2D eigenvalue weighted by atomic mass is 16.5. The molecule has 0 saturated carbocycles. The lowest BCUT2D eigenvalue weighted by Gasteiger charge is -2.31. The Hall–Kier alpha value is -0.940. The second-order valence-corrected chi connectivity index (χ2v) is 7.67. The summed E-state index contributed by atoms with van der Waals surface area (Å²) in [6, 6.07) is 0. The zero-order valence-corrected chi connectivity index (χ0v) is 15.2. The molecule has 1 aliphatic heterocycles. The third-order valence-electron chi connectivity index (χ3n) is 5.45. The summed E-state index contributed by atoms with van der Waals surface area (Å²) in [4.78, 5) is 0. The van der Waals surface area contributed by atoms with Crippen molar-refractivity contribution in [2.24, 2.45) is 0 Å². The molecular weight excluding hydrogens is 304 g/mol. The second kappa shape index (κ2) is 7.96. The standard InChI is InChI=1S/C20H32O4/c1-13-5-8-19(22)20(4,23)10-9-17(21)14(2)6-7-16-15(3)12-24-18(16)11-13/h11,17-19,21-23H,2,5-10,12H2,1,3-4H3/b13-11+/t17-,18+,19-,20-/m1/s1. The van der Waals surface area contributed by atoms with Gasteiger partial charge in [-0.25, -0.2) is 0 Å². The first kappa shape index (κ1) is 19.4. The highest BCUT2D eigenvalue weighted by Crippen LogP contribution is 2.31. The largest absolute Gasteiger partial charge is 0.390 e. The van der Waals surface area contributed by atoms with Crippen LogP contribution in [0.2, 0.25) is 0 Å². The lowest BCUT2D eigenvalue weighted by molar-refractivity contribution is -0.0747. The maximum absolute atomic E-state index is 10.5. The molecule has 0 fully saturated rings. The van der Waals surface area contributed by atoms with Gasteiger partial charge in [-0.15, -0.1) is 0 Å². The van der Waals surface area contributed by atoms with Gasteiger partial charge in [0.1, 0.15) is 0 Å². The number of allylic oxidation sites excluding steroid dienone is 1. The summed E-state index contributed by atoms with van der Waals surface area (Å²) in [5.41, 5.74) is 3.30. The fraction of sp³-hybridized carbons (Fsp3) is 0.700. The molecule has 0 spiro atoms. The molecule has 24 heavy (non-hydrogen) atoms. The van der Waals surface area contributed by atoms with E-state index in [0.717, 1.165) is 24.0 Å². The van der Waals surface area contributed by atoms with Crippen molar-refractivity contribution < 1.29 is 20.1 Å². The third-order valence-corrected chi connectivity index (χ3v) is 5.45. The lowest BCUT2D eigenvalue weighted by atomic mass is 9.86. The highest BCUT2D eigenvalue weighted by molar-refractivity contribution is 5.29. The molecule has 0 aromatic carbocycles.